The van der Waals surface area contributed by atoms with Gasteiger partial charge in [-0.3, -0.25) is 9.59 Å². The zero-order chi connectivity index (χ0) is 24.7. The molecule has 0 aliphatic carbocycles. The number of anilines is 1. The Balaban J connectivity index is 1.63. The second-order valence-corrected chi connectivity index (χ2v) is 8.92. The van der Waals surface area contributed by atoms with E-state index < -0.39 is 0 Å². The van der Waals surface area contributed by atoms with E-state index in [1.165, 1.54) is 13.3 Å². The minimum atomic E-state index is -0.298. The van der Waals surface area contributed by atoms with Gasteiger partial charge in [-0.05, 0) is 84.8 Å². The van der Waals surface area contributed by atoms with E-state index in [1.807, 2.05) is 57.2 Å². The SMILES string of the molecule is COc1cc(/C=N/NC(=O)c2ccc(C)cc2)cc(I)c1OCC(=O)Nc1ccc(C)cc1C. The van der Waals surface area contributed by atoms with Crippen molar-refractivity contribution in [2.24, 2.45) is 5.10 Å². The number of halogens is 1. The van der Waals surface area contributed by atoms with Crippen LogP contribution in [0.2, 0.25) is 0 Å². The highest BCUT2D eigenvalue weighted by Gasteiger charge is 2.14. The molecule has 0 spiro atoms. The third kappa shape index (κ3) is 6.80. The predicted molar refractivity (Wildman–Crippen MR) is 142 cm³/mol. The Morgan fingerprint density at radius 3 is 2.38 bits per heavy atom. The molecule has 0 atom stereocenters. The van der Waals surface area contributed by atoms with Crippen LogP contribution < -0.4 is 20.2 Å². The second kappa shape index (κ2) is 11.6. The Morgan fingerprint density at radius 1 is 1.00 bits per heavy atom. The fourth-order valence-corrected chi connectivity index (χ4v) is 3.95. The van der Waals surface area contributed by atoms with E-state index in [2.05, 4.69) is 38.4 Å². The fraction of sp³-hybridized carbons (Fsp3) is 0.192. The van der Waals surface area contributed by atoms with Gasteiger partial charge < -0.3 is 14.8 Å². The minimum Gasteiger partial charge on any atom is -0.493 e. The first-order valence-electron chi connectivity index (χ1n) is 10.5. The maximum Gasteiger partial charge on any atom is 0.271 e. The molecule has 2 N–H and O–H groups in total. The highest BCUT2D eigenvalue weighted by molar-refractivity contribution is 14.1. The Labute approximate surface area is 212 Å². The van der Waals surface area contributed by atoms with Gasteiger partial charge in [0.25, 0.3) is 11.8 Å². The van der Waals surface area contributed by atoms with Crippen molar-refractivity contribution in [2.45, 2.75) is 20.8 Å². The first kappa shape index (κ1) is 25.2. The number of methoxy groups -OCH3 is 1. The number of carbonyl (C=O) groups is 2. The van der Waals surface area contributed by atoms with Gasteiger partial charge in [-0.2, -0.15) is 5.10 Å². The number of rotatable bonds is 8. The number of nitrogens with zero attached hydrogens (tertiary/aromatic N) is 1. The normalized spacial score (nSPS) is 10.7. The molecule has 176 valence electrons. The standard InChI is InChI=1S/C26H26IN3O4/c1-16-5-8-20(9-6-16)26(32)30-28-14-19-12-21(27)25(23(13-19)33-4)34-15-24(31)29-22-10-7-17(2)11-18(22)3/h5-14H,15H2,1-4H3,(H,29,31)(H,30,32)/b28-14+. The molecule has 0 aliphatic heterocycles. The van der Waals surface area contributed by atoms with Crippen LogP contribution in [0, 0.1) is 24.3 Å². The molecular formula is C26H26IN3O4. The molecule has 3 aromatic carbocycles. The van der Waals surface area contributed by atoms with Gasteiger partial charge >= 0.3 is 0 Å². The molecule has 3 rings (SSSR count). The molecule has 0 unspecified atom stereocenters. The molecule has 7 nitrogen and oxygen atoms in total. The van der Waals surface area contributed by atoms with Gasteiger partial charge in [0.05, 0.1) is 16.9 Å². The second-order valence-electron chi connectivity index (χ2n) is 7.75. The number of aryl methyl sites for hydroxylation is 3. The predicted octanol–water partition coefficient (Wildman–Crippen LogP) is 5.01. The molecule has 3 aromatic rings. The summed E-state index contributed by atoms with van der Waals surface area (Å²) in [6, 6.07) is 16.6. The highest BCUT2D eigenvalue weighted by Crippen LogP contribution is 2.33. The molecule has 0 aliphatic rings. The van der Waals surface area contributed by atoms with Crippen LogP contribution in [0.3, 0.4) is 0 Å². The zero-order valence-corrected chi connectivity index (χ0v) is 21.6. The summed E-state index contributed by atoms with van der Waals surface area (Å²) in [5.74, 6) is 0.346. The van der Waals surface area contributed by atoms with Crippen molar-refractivity contribution in [1.82, 2.24) is 5.43 Å². The van der Waals surface area contributed by atoms with E-state index in [-0.39, 0.29) is 18.4 Å². The number of hydrogen-bond donors (Lipinski definition) is 2. The van der Waals surface area contributed by atoms with Crippen LogP contribution in [0.15, 0.2) is 59.7 Å². The molecule has 0 radical (unpaired) electrons. The third-order valence-electron chi connectivity index (χ3n) is 4.95. The zero-order valence-electron chi connectivity index (χ0n) is 19.4. The number of benzene rings is 3. The van der Waals surface area contributed by atoms with Crippen LogP contribution in [0.4, 0.5) is 5.69 Å². The van der Waals surface area contributed by atoms with Crippen molar-refractivity contribution in [3.8, 4) is 11.5 Å². The van der Waals surface area contributed by atoms with Crippen molar-refractivity contribution in [2.75, 3.05) is 19.0 Å². The molecule has 0 heterocycles. The topological polar surface area (TPSA) is 89.0 Å². The maximum atomic E-state index is 12.4. The van der Waals surface area contributed by atoms with Crippen LogP contribution in [0.1, 0.15) is 32.6 Å². The molecule has 8 heteroatoms. The maximum absolute atomic E-state index is 12.4. The summed E-state index contributed by atoms with van der Waals surface area (Å²) in [4.78, 5) is 24.6. The molecular weight excluding hydrogens is 545 g/mol. The van der Waals surface area contributed by atoms with Gasteiger partial charge in [-0.25, -0.2) is 5.43 Å². The number of carbonyl (C=O) groups excluding carboxylic acids is 2. The summed E-state index contributed by atoms with van der Waals surface area (Å²) in [6.45, 7) is 5.74. The average molecular weight is 571 g/mol. The number of nitrogens with one attached hydrogen (secondary N) is 2. The van der Waals surface area contributed by atoms with Crippen molar-refractivity contribution >= 4 is 46.3 Å². The van der Waals surface area contributed by atoms with Gasteiger partial charge in [-0.15, -0.1) is 0 Å². The van der Waals surface area contributed by atoms with E-state index in [0.717, 1.165) is 25.9 Å². The molecule has 34 heavy (non-hydrogen) atoms. The molecule has 2 amide bonds. The first-order chi connectivity index (χ1) is 16.3. The average Bonchev–Trinajstić information content (AvgIpc) is 2.80. The van der Waals surface area contributed by atoms with Crippen LogP contribution >= 0.6 is 22.6 Å². The molecule has 0 saturated carbocycles. The highest BCUT2D eigenvalue weighted by atomic mass is 127. The first-order valence-corrected chi connectivity index (χ1v) is 11.6. The summed E-state index contributed by atoms with van der Waals surface area (Å²) in [5.41, 5.74) is 7.68. The summed E-state index contributed by atoms with van der Waals surface area (Å²) in [7, 11) is 1.52. The Hall–Kier alpha value is -3.40. The molecule has 0 saturated heterocycles. The van der Waals surface area contributed by atoms with Gasteiger partial charge in [0.1, 0.15) is 0 Å². The third-order valence-corrected chi connectivity index (χ3v) is 5.75. The smallest absolute Gasteiger partial charge is 0.271 e. The van der Waals surface area contributed by atoms with Crippen molar-refractivity contribution in [3.05, 3.63) is 86.0 Å². The van der Waals surface area contributed by atoms with E-state index in [4.69, 9.17) is 9.47 Å². The fourth-order valence-electron chi connectivity index (χ4n) is 3.17. The largest absolute Gasteiger partial charge is 0.493 e. The van der Waals surface area contributed by atoms with Crippen molar-refractivity contribution in [1.29, 1.82) is 0 Å². The van der Waals surface area contributed by atoms with Gasteiger partial charge in [0, 0.05) is 11.3 Å². The van der Waals surface area contributed by atoms with E-state index in [1.54, 1.807) is 18.2 Å². The Bertz CT molecular complexity index is 1220. The Morgan fingerprint density at radius 2 is 1.71 bits per heavy atom. The van der Waals surface area contributed by atoms with Gasteiger partial charge in [0.15, 0.2) is 18.1 Å². The van der Waals surface area contributed by atoms with Crippen molar-refractivity contribution in [3.63, 3.8) is 0 Å². The van der Waals surface area contributed by atoms with Crippen LogP contribution in [0.25, 0.3) is 0 Å². The summed E-state index contributed by atoms with van der Waals surface area (Å²) < 4.78 is 11.9. The van der Waals surface area contributed by atoms with Crippen LogP contribution in [0.5, 0.6) is 11.5 Å². The van der Waals surface area contributed by atoms with E-state index >= 15 is 0 Å². The molecule has 0 aromatic heterocycles. The minimum absolute atomic E-state index is 0.167. The van der Waals surface area contributed by atoms with Crippen LogP contribution in [-0.2, 0) is 4.79 Å². The number of hydrogen-bond acceptors (Lipinski definition) is 5. The van der Waals surface area contributed by atoms with E-state index in [9.17, 15) is 9.59 Å². The summed E-state index contributed by atoms with van der Waals surface area (Å²) in [5, 5.41) is 6.90. The summed E-state index contributed by atoms with van der Waals surface area (Å²) >= 11 is 2.11. The lowest BCUT2D eigenvalue weighted by Gasteiger charge is -2.14. The molecule has 0 bridgehead atoms. The van der Waals surface area contributed by atoms with Crippen LogP contribution in [-0.4, -0.2) is 31.7 Å². The van der Waals surface area contributed by atoms with E-state index in [0.29, 0.717) is 22.6 Å². The monoisotopic (exact) mass is 571 g/mol. The number of ether oxygens (including phenoxy) is 2. The summed E-state index contributed by atoms with van der Waals surface area (Å²) in [6.07, 6.45) is 1.52. The lowest BCUT2D eigenvalue weighted by molar-refractivity contribution is -0.118. The Kier molecular flexibility index (Phi) is 8.64. The van der Waals surface area contributed by atoms with Gasteiger partial charge in [-0.1, -0.05) is 35.4 Å². The number of amides is 2. The lowest BCUT2D eigenvalue weighted by Crippen LogP contribution is -2.21. The quantitative estimate of drug-likeness (QED) is 0.226. The lowest BCUT2D eigenvalue weighted by atomic mass is 10.1. The van der Waals surface area contributed by atoms with Crippen molar-refractivity contribution < 1.29 is 19.1 Å². The van der Waals surface area contributed by atoms with Gasteiger partial charge in [0.2, 0.25) is 0 Å². The number of hydrazone groups is 1. The molecule has 0 fully saturated rings.